The molecule has 3 rings (SSSR count). The molecule has 1 unspecified atom stereocenters. The fourth-order valence-corrected chi connectivity index (χ4v) is 1.97. The summed E-state index contributed by atoms with van der Waals surface area (Å²) in [5, 5.41) is 2.45. The molecule has 0 bridgehead atoms. The van der Waals surface area contributed by atoms with Crippen molar-refractivity contribution in [1.29, 1.82) is 0 Å². The molecule has 1 N–H and O–H groups in total. The summed E-state index contributed by atoms with van der Waals surface area (Å²) < 4.78 is 15.8. The van der Waals surface area contributed by atoms with E-state index >= 15 is 0 Å². The number of nitrogens with one attached hydrogen (secondary N) is 1. The highest BCUT2D eigenvalue weighted by molar-refractivity contribution is 6.20. The molecule has 1 aliphatic heterocycles. The molecule has 20 heavy (non-hydrogen) atoms. The fourth-order valence-electron chi connectivity index (χ4n) is 1.86. The van der Waals surface area contributed by atoms with Crippen molar-refractivity contribution in [3.05, 3.63) is 41.9 Å². The van der Waals surface area contributed by atoms with E-state index in [0.717, 1.165) is 0 Å². The average molecular weight is 294 g/mol. The lowest BCUT2D eigenvalue weighted by Gasteiger charge is -2.04. The van der Waals surface area contributed by atoms with Crippen LogP contribution in [0.3, 0.4) is 0 Å². The lowest BCUT2D eigenvalue weighted by atomic mass is 10.2. The Balaban J connectivity index is 1.75. The van der Waals surface area contributed by atoms with Crippen LogP contribution in [0.2, 0.25) is 0 Å². The first kappa shape index (κ1) is 12.9. The Labute approximate surface area is 120 Å². The predicted octanol–water partition coefficient (Wildman–Crippen LogP) is 3.56. The van der Waals surface area contributed by atoms with Crippen LogP contribution >= 0.6 is 11.6 Å². The highest BCUT2D eigenvalue weighted by Gasteiger charge is 2.17. The van der Waals surface area contributed by atoms with Crippen molar-refractivity contribution < 1.29 is 18.7 Å². The maximum atomic E-state index is 12.0. The number of furan rings is 1. The van der Waals surface area contributed by atoms with Crippen LogP contribution in [0.1, 0.15) is 28.6 Å². The fraction of sp³-hybridized carbons (Fsp3) is 0.214. The molecule has 2 heterocycles. The van der Waals surface area contributed by atoms with Crippen molar-refractivity contribution in [2.45, 2.75) is 12.3 Å². The minimum atomic E-state index is -0.340. The van der Waals surface area contributed by atoms with Crippen molar-refractivity contribution in [3.8, 4) is 11.5 Å². The number of alkyl halides is 1. The Morgan fingerprint density at radius 1 is 1.25 bits per heavy atom. The minimum absolute atomic E-state index is 0.196. The van der Waals surface area contributed by atoms with E-state index in [2.05, 4.69) is 5.32 Å². The first-order chi connectivity index (χ1) is 9.63. The minimum Gasteiger partial charge on any atom is -0.454 e. The molecule has 1 aromatic carbocycles. The molecule has 1 atom stereocenters. The zero-order valence-electron chi connectivity index (χ0n) is 10.7. The third-order valence-electron chi connectivity index (χ3n) is 2.87. The summed E-state index contributed by atoms with van der Waals surface area (Å²) in [6.07, 6.45) is 0. The molecule has 0 spiro atoms. The lowest BCUT2D eigenvalue weighted by Crippen LogP contribution is -2.10. The molecule has 0 radical (unpaired) electrons. The number of ether oxygens (including phenoxy) is 2. The number of amides is 1. The molecule has 5 nitrogen and oxygen atoms in total. The van der Waals surface area contributed by atoms with Gasteiger partial charge in [-0.2, -0.15) is 0 Å². The van der Waals surface area contributed by atoms with E-state index in [0.29, 0.717) is 22.9 Å². The van der Waals surface area contributed by atoms with Gasteiger partial charge in [-0.15, -0.1) is 11.6 Å². The Kier molecular flexibility index (Phi) is 3.28. The first-order valence-corrected chi connectivity index (χ1v) is 6.52. The van der Waals surface area contributed by atoms with Gasteiger partial charge in [-0.3, -0.25) is 4.79 Å². The number of hydrogen-bond donors (Lipinski definition) is 1. The van der Waals surface area contributed by atoms with Gasteiger partial charge in [-0.1, -0.05) is 0 Å². The largest absolute Gasteiger partial charge is 0.454 e. The predicted molar refractivity (Wildman–Crippen MR) is 73.5 cm³/mol. The Morgan fingerprint density at radius 2 is 2.05 bits per heavy atom. The molecule has 2 aromatic rings. The van der Waals surface area contributed by atoms with Crippen LogP contribution in [-0.4, -0.2) is 12.7 Å². The van der Waals surface area contributed by atoms with Crippen LogP contribution in [0, 0.1) is 0 Å². The van der Waals surface area contributed by atoms with Crippen molar-refractivity contribution in [3.63, 3.8) is 0 Å². The van der Waals surface area contributed by atoms with E-state index in [1.807, 2.05) is 0 Å². The second-order valence-corrected chi connectivity index (χ2v) is 4.99. The second kappa shape index (κ2) is 5.09. The molecular formula is C14H12ClNO4. The zero-order valence-corrected chi connectivity index (χ0v) is 11.4. The molecular weight excluding hydrogens is 282 g/mol. The number of rotatable bonds is 3. The third kappa shape index (κ3) is 2.44. The first-order valence-electron chi connectivity index (χ1n) is 6.08. The normalized spacial score (nSPS) is 14.1. The standard InChI is InChI=1S/C14H12ClNO4/c1-8(15)10-4-5-12(20-10)14(17)16-9-2-3-11-13(6-9)19-7-18-11/h2-6,8H,7H2,1H3,(H,16,17). The molecule has 1 aliphatic rings. The Hall–Kier alpha value is -2.14. The number of benzene rings is 1. The van der Waals surface area contributed by atoms with Crippen LogP contribution in [0.4, 0.5) is 5.69 Å². The summed E-state index contributed by atoms with van der Waals surface area (Å²) in [5.74, 6) is 1.71. The van der Waals surface area contributed by atoms with Crippen LogP contribution < -0.4 is 14.8 Å². The van der Waals surface area contributed by atoms with Gasteiger partial charge >= 0.3 is 0 Å². The van der Waals surface area contributed by atoms with Crippen molar-refractivity contribution in [2.75, 3.05) is 12.1 Å². The summed E-state index contributed by atoms with van der Waals surface area (Å²) in [4.78, 5) is 12.0. The molecule has 1 aromatic heterocycles. The molecule has 0 aliphatic carbocycles. The van der Waals surface area contributed by atoms with Crippen LogP contribution in [-0.2, 0) is 0 Å². The number of halogens is 1. The average Bonchev–Trinajstić information content (AvgIpc) is 3.07. The highest BCUT2D eigenvalue weighted by Crippen LogP contribution is 2.34. The van der Waals surface area contributed by atoms with E-state index in [-0.39, 0.29) is 23.8 Å². The maximum absolute atomic E-state index is 12.0. The molecule has 0 saturated heterocycles. The summed E-state index contributed by atoms with van der Waals surface area (Å²) in [6.45, 7) is 1.97. The number of carbonyl (C=O) groups is 1. The van der Waals surface area contributed by atoms with E-state index in [9.17, 15) is 4.79 Å². The summed E-state index contributed by atoms with van der Waals surface area (Å²) in [6, 6.07) is 8.46. The summed E-state index contributed by atoms with van der Waals surface area (Å²) in [5.41, 5.74) is 0.608. The van der Waals surface area contributed by atoms with Gasteiger partial charge in [0.15, 0.2) is 17.3 Å². The molecule has 6 heteroatoms. The van der Waals surface area contributed by atoms with Crippen LogP contribution in [0.5, 0.6) is 11.5 Å². The van der Waals surface area contributed by atoms with Crippen molar-refractivity contribution >= 4 is 23.2 Å². The molecule has 1 amide bonds. The van der Waals surface area contributed by atoms with Crippen molar-refractivity contribution in [2.24, 2.45) is 0 Å². The second-order valence-electron chi connectivity index (χ2n) is 4.34. The molecule has 0 fully saturated rings. The summed E-state index contributed by atoms with van der Waals surface area (Å²) in [7, 11) is 0. The Bertz CT molecular complexity index is 650. The topological polar surface area (TPSA) is 60.7 Å². The number of fused-ring (bicyclic) bond motifs is 1. The number of carbonyl (C=O) groups excluding carboxylic acids is 1. The van der Waals surface area contributed by atoms with E-state index in [1.165, 1.54) is 0 Å². The Morgan fingerprint density at radius 3 is 2.80 bits per heavy atom. The van der Waals surface area contributed by atoms with Crippen LogP contribution in [0.25, 0.3) is 0 Å². The van der Waals surface area contributed by atoms with Gasteiger partial charge in [0.05, 0.1) is 5.38 Å². The smallest absolute Gasteiger partial charge is 0.291 e. The lowest BCUT2D eigenvalue weighted by molar-refractivity contribution is 0.0995. The zero-order chi connectivity index (χ0) is 14.1. The van der Waals surface area contributed by atoms with E-state index < -0.39 is 0 Å². The summed E-state index contributed by atoms with van der Waals surface area (Å²) >= 11 is 5.89. The molecule has 0 saturated carbocycles. The van der Waals surface area contributed by atoms with Gasteiger partial charge in [-0.25, -0.2) is 0 Å². The van der Waals surface area contributed by atoms with E-state index in [4.69, 9.17) is 25.5 Å². The molecule has 104 valence electrons. The monoisotopic (exact) mass is 293 g/mol. The van der Waals surface area contributed by atoms with Gasteiger partial charge < -0.3 is 19.2 Å². The van der Waals surface area contributed by atoms with E-state index in [1.54, 1.807) is 37.3 Å². The van der Waals surface area contributed by atoms with Gasteiger partial charge in [0.2, 0.25) is 6.79 Å². The SMILES string of the molecule is CC(Cl)c1ccc(C(=O)Nc2ccc3c(c2)OCO3)o1. The number of anilines is 1. The third-order valence-corrected chi connectivity index (χ3v) is 3.09. The highest BCUT2D eigenvalue weighted by atomic mass is 35.5. The van der Waals surface area contributed by atoms with Gasteiger partial charge in [-0.05, 0) is 31.2 Å². The quantitative estimate of drug-likeness (QED) is 0.879. The van der Waals surface area contributed by atoms with Gasteiger partial charge in [0, 0.05) is 11.8 Å². The van der Waals surface area contributed by atoms with Crippen molar-refractivity contribution in [1.82, 2.24) is 0 Å². The van der Waals surface area contributed by atoms with Gasteiger partial charge in [0.1, 0.15) is 5.76 Å². The van der Waals surface area contributed by atoms with Crippen LogP contribution in [0.15, 0.2) is 34.7 Å². The van der Waals surface area contributed by atoms with Gasteiger partial charge in [0.25, 0.3) is 5.91 Å². The number of hydrogen-bond acceptors (Lipinski definition) is 4. The maximum Gasteiger partial charge on any atom is 0.291 e.